The third kappa shape index (κ3) is 3.61. The van der Waals surface area contributed by atoms with Crippen molar-refractivity contribution < 1.29 is 0 Å². The molecule has 0 fully saturated rings. The fourth-order valence-electron chi connectivity index (χ4n) is 1.66. The van der Waals surface area contributed by atoms with E-state index in [9.17, 15) is 0 Å². The van der Waals surface area contributed by atoms with Gasteiger partial charge in [-0.15, -0.1) is 11.8 Å². The van der Waals surface area contributed by atoms with Crippen LogP contribution in [0.15, 0.2) is 41.6 Å². The van der Waals surface area contributed by atoms with E-state index in [0.717, 1.165) is 12.3 Å². The topological polar surface area (TPSA) is 29.9 Å². The molecule has 0 saturated heterocycles. The van der Waals surface area contributed by atoms with Gasteiger partial charge >= 0.3 is 0 Å². The van der Waals surface area contributed by atoms with Crippen LogP contribution < -0.4 is 5.32 Å². The van der Waals surface area contributed by atoms with E-state index in [1.54, 1.807) is 0 Å². The minimum absolute atomic E-state index is 0.918. The first-order valence-corrected chi connectivity index (χ1v) is 6.60. The predicted molar refractivity (Wildman–Crippen MR) is 72.0 cm³/mol. The van der Waals surface area contributed by atoms with Gasteiger partial charge in [0.15, 0.2) is 0 Å². The second-order valence-electron chi connectivity index (χ2n) is 3.99. The Kier molecular flexibility index (Phi) is 4.23. The lowest BCUT2D eigenvalue weighted by Gasteiger charge is -2.03. The quantitative estimate of drug-likeness (QED) is 0.823. The maximum Gasteiger partial charge on any atom is 0.0530 e. The summed E-state index contributed by atoms with van der Waals surface area (Å²) in [7, 11) is 3.91. The van der Waals surface area contributed by atoms with Gasteiger partial charge in [0.1, 0.15) is 0 Å². The molecule has 0 unspecified atom stereocenters. The van der Waals surface area contributed by atoms with Crippen LogP contribution in [0.3, 0.4) is 0 Å². The Morgan fingerprint density at radius 2 is 2.24 bits per heavy atom. The van der Waals surface area contributed by atoms with Crippen molar-refractivity contribution in [3.8, 4) is 0 Å². The maximum absolute atomic E-state index is 4.17. The summed E-state index contributed by atoms with van der Waals surface area (Å²) in [5.41, 5.74) is 2.58. The molecule has 90 valence electrons. The number of nitrogens with zero attached hydrogens (tertiary/aromatic N) is 2. The molecule has 0 spiro atoms. The first kappa shape index (κ1) is 12.2. The highest BCUT2D eigenvalue weighted by molar-refractivity contribution is 7.98. The summed E-state index contributed by atoms with van der Waals surface area (Å²) >= 11 is 1.85. The highest BCUT2D eigenvalue weighted by atomic mass is 32.2. The molecule has 0 amide bonds. The van der Waals surface area contributed by atoms with Gasteiger partial charge < -0.3 is 5.32 Å². The van der Waals surface area contributed by atoms with Crippen molar-refractivity contribution in [1.82, 2.24) is 15.1 Å². The number of hydrogen-bond donors (Lipinski definition) is 1. The molecule has 2 aromatic rings. The number of aromatic nitrogens is 2. The van der Waals surface area contributed by atoms with Crippen molar-refractivity contribution >= 4 is 11.8 Å². The lowest BCUT2D eigenvalue weighted by Crippen LogP contribution is -2.04. The molecule has 0 atom stereocenters. The lowest BCUT2D eigenvalue weighted by atomic mass is 10.2. The van der Waals surface area contributed by atoms with Crippen LogP contribution in [-0.4, -0.2) is 16.8 Å². The Balaban J connectivity index is 1.96. The SMILES string of the molecule is CNCc1cccc(SCc2cnn(C)c2)c1. The fraction of sp³-hybridized carbons (Fsp3) is 0.308. The summed E-state index contributed by atoms with van der Waals surface area (Å²) < 4.78 is 1.84. The monoisotopic (exact) mass is 247 g/mol. The van der Waals surface area contributed by atoms with Crippen molar-refractivity contribution in [1.29, 1.82) is 0 Å². The molecule has 0 aliphatic rings. The highest BCUT2D eigenvalue weighted by Gasteiger charge is 1.99. The van der Waals surface area contributed by atoms with E-state index in [-0.39, 0.29) is 0 Å². The summed E-state index contributed by atoms with van der Waals surface area (Å²) in [4.78, 5) is 1.31. The minimum atomic E-state index is 0.918. The first-order valence-electron chi connectivity index (χ1n) is 5.62. The molecule has 3 nitrogen and oxygen atoms in total. The summed E-state index contributed by atoms with van der Waals surface area (Å²) in [6.07, 6.45) is 3.98. The van der Waals surface area contributed by atoms with E-state index in [1.807, 2.05) is 36.7 Å². The Bertz CT molecular complexity index is 479. The maximum atomic E-state index is 4.17. The Morgan fingerprint density at radius 1 is 1.35 bits per heavy atom. The van der Waals surface area contributed by atoms with Crippen LogP contribution in [0, 0.1) is 0 Å². The molecule has 0 saturated carbocycles. The van der Waals surface area contributed by atoms with Crippen molar-refractivity contribution in [3.05, 3.63) is 47.8 Å². The summed E-state index contributed by atoms with van der Waals surface area (Å²) in [6.45, 7) is 0.918. The Labute approximate surface area is 106 Å². The molecule has 0 radical (unpaired) electrons. The minimum Gasteiger partial charge on any atom is -0.316 e. The average Bonchev–Trinajstić information content (AvgIpc) is 2.74. The van der Waals surface area contributed by atoms with Crippen LogP contribution >= 0.6 is 11.8 Å². The smallest absolute Gasteiger partial charge is 0.0530 e. The van der Waals surface area contributed by atoms with Gasteiger partial charge in [-0.3, -0.25) is 4.68 Å². The molecule has 0 aliphatic carbocycles. The van der Waals surface area contributed by atoms with Crippen molar-refractivity contribution in [2.24, 2.45) is 7.05 Å². The summed E-state index contributed by atoms with van der Waals surface area (Å²) in [6, 6.07) is 8.64. The van der Waals surface area contributed by atoms with Gasteiger partial charge in [-0.1, -0.05) is 12.1 Å². The van der Waals surface area contributed by atoms with E-state index >= 15 is 0 Å². The third-order valence-corrected chi connectivity index (χ3v) is 3.51. The van der Waals surface area contributed by atoms with Crippen LogP contribution in [0.1, 0.15) is 11.1 Å². The molecule has 2 rings (SSSR count). The van der Waals surface area contributed by atoms with E-state index in [0.29, 0.717) is 0 Å². The first-order chi connectivity index (χ1) is 8.28. The summed E-state index contributed by atoms with van der Waals surface area (Å²) in [5.74, 6) is 0.969. The van der Waals surface area contributed by atoms with E-state index < -0.39 is 0 Å². The van der Waals surface area contributed by atoms with Crippen molar-refractivity contribution in [2.75, 3.05) is 7.05 Å². The normalized spacial score (nSPS) is 10.7. The molecular weight excluding hydrogens is 230 g/mol. The van der Waals surface area contributed by atoms with Crippen molar-refractivity contribution in [3.63, 3.8) is 0 Å². The molecule has 17 heavy (non-hydrogen) atoms. The second-order valence-corrected chi connectivity index (χ2v) is 5.04. The Hall–Kier alpha value is -1.26. The van der Waals surface area contributed by atoms with Crippen LogP contribution in [0.5, 0.6) is 0 Å². The molecule has 1 aromatic heterocycles. The predicted octanol–water partition coefficient (Wildman–Crippen LogP) is 2.43. The molecule has 0 bridgehead atoms. The zero-order valence-electron chi connectivity index (χ0n) is 10.2. The number of hydrogen-bond acceptors (Lipinski definition) is 3. The number of benzene rings is 1. The highest BCUT2D eigenvalue weighted by Crippen LogP contribution is 2.23. The zero-order chi connectivity index (χ0) is 12.1. The lowest BCUT2D eigenvalue weighted by molar-refractivity contribution is 0.767. The van der Waals surface area contributed by atoms with Crippen LogP contribution in [-0.2, 0) is 19.3 Å². The molecular formula is C13H17N3S. The molecule has 1 heterocycles. The zero-order valence-corrected chi connectivity index (χ0v) is 11.0. The number of thioether (sulfide) groups is 1. The second kappa shape index (κ2) is 5.89. The third-order valence-electron chi connectivity index (χ3n) is 2.44. The van der Waals surface area contributed by atoms with Crippen LogP contribution in [0.2, 0.25) is 0 Å². The molecule has 1 aromatic carbocycles. The van der Waals surface area contributed by atoms with Gasteiger partial charge in [-0.25, -0.2) is 0 Å². The number of aryl methyl sites for hydroxylation is 1. The van der Waals surface area contributed by atoms with Gasteiger partial charge in [-0.2, -0.15) is 5.10 Å². The molecule has 1 N–H and O–H groups in total. The average molecular weight is 247 g/mol. The Morgan fingerprint density at radius 3 is 2.94 bits per heavy atom. The molecule has 4 heteroatoms. The van der Waals surface area contributed by atoms with E-state index in [2.05, 4.69) is 40.9 Å². The fourth-order valence-corrected chi connectivity index (χ4v) is 2.55. The van der Waals surface area contributed by atoms with Crippen LogP contribution in [0.4, 0.5) is 0 Å². The van der Waals surface area contributed by atoms with E-state index in [4.69, 9.17) is 0 Å². The van der Waals surface area contributed by atoms with Gasteiger partial charge in [0, 0.05) is 36.0 Å². The van der Waals surface area contributed by atoms with E-state index in [1.165, 1.54) is 16.0 Å². The summed E-state index contributed by atoms with van der Waals surface area (Å²) in [5, 5.41) is 7.33. The van der Waals surface area contributed by atoms with Gasteiger partial charge in [-0.05, 0) is 24.7 Å². The molecule has 0 aliphatic heterocycles. The van der Waals surface area contributed by atoms with Gasteiger partial charge in [0.2, 0.25) is 0 Å². The van der Waals surface area contributed by atoms with Gasteiger partial charge in [0.25, 0.3) is 0 Å². The number of rotatable bonds is 5. The number of nitrogens with one attached hydrogen (secondary N) is 1. The van der Waals surface area contributed by atoms with Crippen LogP contribution in [0.25, 0.3) is 0 Å². The van der Waals surface area contributed by atoms with Gasteiger partial charge in [0.05, 0.1) is 6.20 Å². The standard InChI is InChI=1S/C13H17N3S/c1-14-7-11-4-3-5-13(6-11)17-10-12-8-15-16(2)9-12/h3-6,8-9,14H,7,10H2,1-2H3. The largest absolute Gasteiger partial charge is 0.316 e. The van der Waals surface area contributed by atoms with Crippen molar-refractivity contribution in [2.45, 2.75) is 17.2 Å².